The molecule has 0 radical (unpaired) electrons. The second kappa shape index (κ2) is 4.21. The standard InChI is InChI=1S/C9H9ClF3N3O/c10-3-7(17)16-2-1-5-6(4-16)14-15-8(5)9(11,12)13/h1-4H2,(H,14,15). The topological polar surface area (TPSA) is 49.0 Å². The van der Waals surface area contributed by atoms with Gasteiger partial charge in [0.2, 0.25) is 5.91 Å². The minimum atomic E-state index is -4.46. The monoisotopic (exact) mass is 267 g/mol. The molecule has 4 nitrogen and oxygen atoms in total. The summed E-state index contributed by atoms with van der Waals surface area (Å²) in [5.74, 6) is -0.462. The van der Waals surface area contributed by atoms with Crippen molar-refractivity contribution in [3.8, 4) is 0 Å². The lowest BCUT2D eigenvalue weighted by Crippen LogP contribution is -2.37. The molecule has 8 heteroatoms. The Balaban J connectivity index is 2.25. The summed E-state index contributed by atoms with van der Waals surface area (Å²) in [6.07, 6.45) is -4.31. The lowest BCUT2D eigenvalue weighted by Gasteiger charge is -2.26. The molecule has 17 heavy (non-hydrogen) atoms. The number of fused-ring (bicyclic) bond motifs is 1. The second-order valence-corrected chi connectivity index (χ2v) is 3.99. The molecule has 1 aromatic heterocycles. The molecule has 0 saturated heterocycles. The summed E-state index contributed by atoms with van der Waals surface area (Å²) in [6.45, 7) is 0.338. The molecule has 0 atom stereocenters. The van der Waals surface area contributed by atoms with Crippen molar-refractivity contribution in [2.75, 3.05) is 12.4 Å². The van der Waals surface area contributed by atoms with Crippen molar-refractivity contribution >= 4 is 17.5 Å². The van der Waals surface area contributed by atoms with E-state index in [9.17, 15) is 18.0 Å². The molecule has 1 aliphatic rings. The van der Waals surface area contributed by atoms with Crippen molar-refractivity contribution in [2.45, 2.75) is 19.1 Å². The number of amides is 1. The third kappa shape index (κ3) is 2.24. The van der Waals surface area contributed by atoms with Crippen LogP contribution in [0.5, 0.6) is 0 Å². The molecule has 0 saturated carbocycles. The minimum absolute atomic E-state index is 0.101. The van der Waals surface area contributed by atoms with Crippen LogP contribution in [0.1, 0.15) is 17.0 Å². The molecule has 94 valence electrons. The Morgan fingerprint density at radius 2 is 2.24 bits per heavy atom. The van der Waals surface area contributed by atoms with E-state index in [0.717, 1.165) is 0 Å². The summed E-state index contributed by atoms with van der Waals surface area (Å²) < 4.78 is 37.6. The summed E-state index contributed by atoms with van der Waals surface area (Å²) in [6, 6.07) is 0. The molecule has 0 spiro atoms. The largest absolute Gasteiger partial charge is 0.435 e. The summed E-state index contributed by atoms with van der Waals surface area (Å²) in [7, 11) is 0. The molecule has 1 amide bonds. The van der Waals surface area contributed by atoms with Crippen LogP contribution >= 0.6 is 11.6 Å². The summed E-state index contributed by atoms with van der Waals surface area (Å²) in [4.78, 5) is 12.7. The molecule has 0 aromatic carbocycles. The Morgan fingerprint density at radius 3 is 2.82 bits per heavy atom. The maximum atomic E-state index is 12.5. The highest BCUT2D eigenvalue weighted by molar-refractivity contribution is 6.27. The Bertz CT molecular complexity index is 443. The number of nitrogens with zero attached hydrogens (tertiary/aromatic N) is 2. The van der Waals surface area contributed by atoms with Crippen LogP contribution in [0.4, 0.5) is 13.2 Å². The van der Waals surface area contributed by atoms with Crippen LogP contribution < -0.4 is 0 Å². The van der Waals surface area contributed by atoms with Gasteiger partial charge in [-0.05, 0) is 6.42 Å². The zero-order valence-electron chi connectivity index (χ0n) is 8.64. The van der Waals surface area contributed by atoms with Gasteiger partial charge in [0.25, 0.3) is 0 Å². The number of carbonyl (C=O) groups excluding carboxylic acids is 1. The number of hydrogen-bond acceptors (Lipinski definition) is 2. The second-order valence-electron chi connectivity index (χ2n) is 3.73. The van der Waals surface area contributed by atoms with Crippen molar-refractivity contribution < 1.29 is 18.0 Å². The first-order chi connectivity index (χ1) is 7.93. The van der Waals surface area contributed by atoms with Crippen molar-refractivity contribution in [1.29, 1.82) is 0 Å². The van der Waals surface area contributed by atoms with Crippen LogP contribution in [0.2, 0.25) is 0 Å². The Morgan fingerprint density at radius 1 is 1.53 bits per heavy atom. The predicted octanol–water partition coefficient (Wildman–Crippen LogP) is 1.55. The van der Waals surface area contributed by atoms with Gasteiger partial charge in [-0.15, -0.1) is 11.6 Å². The number of alkyl halides is 4. The van der Waals surface area contributed by atoms with Crippen LogP contribution in [0.25, 0.3) is 0 Å². The zero-order valence-corrected chi connectivity index (χ0v) is 9.40. The van der Waals surface area contributed by atoms with Gasteiger partial charge < -0.3 is 4.90 Å². The molecular formula is C9H9ClF3N3O. The van der Waals surface area contributed by atoms with E-state index in [1.807, 2.05) is 0 Å². The van der Waals surface area contributed by atoms with Crippen molar-refractivity contribution in [3.05, 3.63) is 17.0 Å². The van der Waals surface area contributed by atoms with Gasteiger partial charge >= 0.3 is 6.18 Å². The lowest BCUT2D eigenvalue weighted by atomic mass is 10.0. The molecule has 1 aromatic rings. The number of aromatic nitrogens is 2. The summed E-state index contributed by atoms with van der Waals surface area (Å²) in [5, 5.41) is 5.60. The van der Waals surface area contributed by atoms with Crippen LogP contribution in [0.3, 0.4) is 0 Å². The molecule has 0 fully saturated rings. The average molecular weight is 268 g/mol. The number of H-pyrrole nitrogens is 1. The number of aromatic amines is 1. The molecule has 2 rings (SSSR count). The maximum Gasteiger partial charge on any atom is 0.435 e. The van der Waals surface area contributed by atoms with Crippen molar-refractivity contribution in [2.24, 2.45) is 0 Å². The molecule has 1 N–H and O–H groups in total. The Hall–Kier alpha value is -1.24. The van der Waals surface area contributed by atoms with E-state index >= 15 is 0 Å². The van der Waals surface area contributed by atoms with E-state index in [4.69, 9.17) is 11.6 Å². The highest BCUT2D eigenvalue weighted by Gasteiger charge is 2.39. The van der Waals surface area contributed by atoms with E-state index in [-0.39, 0.29) is 36.9 Å². The molecule has 0 bridgehead atoms. The fourth-order valence-electron chi connectivity index (χ4n) is 1.85. The fourth-order valence-corrected chi connectivity index (χ4v) is 2.02. The van der Waals surface area contributed by atoms with Gasteiger partial charge in [0, 0.05) is 12.1 Å². The van der Waals surface area contributed by atoms with Gasteiger partial charge in [0.15, 0.2) is 5.69 Å². The molecule has 2 heterocycles. The van der Waals surface area contributed by atoms with Crippen molar-refractivity contribution in [1.82, 2.24) is 15.1 Å². The number of hydrogen-bond donors (Lipinski definition) is 1. The number of nitrogens with one attached hydrogen (secondary N) is 1. The smallest absolute Gasteiger partial charge is 0.335 e. The zero-order chi connectivity index (χ0) is 12.6. The van der Waals surface area contributed by atoms with Gasteiger partial charge in [-0.25, -0.2) is 0 Å². The quantitative estimate of drug-likeness (QED) is 0.785. The van der Waals surface area contributed by atoms with E-state index in [0.29, 0.717) is 5.69 Å². The third-order valence-electron chi connectivity index (χ3n) is 2.67. The molecule has 0 unspecified atom stereocenters. The first-order valence-corrected chi connectivity index (χ1v) is 5.44. The third-order valence-corrected chi connectivity index (χ3v) is 2.90. The number of halogens is 4. The van der Waals surface area contributed by atoms with Gasteiger partial charge in [0.1, 0.15) is 5.88 Å². The molecule has 0 aliphatic carbocycles. The fraction of sp³-hybridized carbons (Fsp3) is 0.556. The van der Waals surface area contributed by atoms with E-state index in [1.165, 1.54) is 4.90 Å². The van der Waals surface area contributed by atoms with E-state index in [1.54, 1.807) is 0 Å². The van der Waals surface area contributed by atoms with Gasteiger partial charge in [-0.2, -0.15) is 18.3 Å². The maximum absolute atomic E-state index is 12.5. The number of carbonyl (C=O) groups is 1. The first kappa shape index (κ1) is 12.2. The van der Waals surface area contributed by atoms with Crippen LogP contribution in [-0.2, 0) is 23.9 Å². The highest BCUT2D eigenvalue weighted by atomic mass is 35.5. The lowest BCUT2D eigenvalue weighted by molar-refractivity contribution is -0.141. The minimum Gasteiger partial charge on any atom is -0.335 e. The van der Waals surface area contributed by atoms with Crippen LogP contribution in [0, 0.1) is 0 Å². The molecular weight excluding hydrogens is 259 g/mol. The summed E-state index contributed by atoms with van der Waals surface area (Å²) >= 11 is 5.39. The summed E-state index contributed by atoms with van der Waals surface area (Å²) in [5.41, 5.74) is -0.399. The normalized spacial score (nSPS) is 15.9. The Kier molecular flexibility index (Phi) is 3.03. The van der Waals surface area contributed by atoms with E-state index < -0.39 is 11.9 Å². The van der Waals surface area contributed by atoms with Crippen LogP contribution in [-0.4, -0.2) is 33.4 Å². The number of rotatable bonds is 1. The average Bonchev–Trinajstić information content (AvgIpc) is 2.70. The SMILES string of the molecule is O=C(CCl)N1CCc2c(C(F)(F)F)n[nH]c2C1. The van der Waals surface area contributed by atoms with Crippen molar-refractivity contribution in [3.63, 3.8) is 0 Å². The first-order valence-electron chi connectivity index (χ1n) is 4.90. The highest BCUT2D eigenvalue weighted by Crippen LogP contribution is 2.33. The van der Waals surface area contributed by atoms with Gasteiger partial charge in [-0.1, -0.05) is 0 Å². The van der Waals surface area contributed by atoms with Gasteiger partial charge in [0.05, 0.1) is 12.2 Å². The van der Waals surface area contributed by atoms with Crippen LogP contribution in [0.15, 0.2) is 0 Å². The Labute approximate surface area is 99.7 Å². The van der Waals surface area contributed by atoms with Gasteiger partial charge in [-0.3, -0.25) is 9.89 Å². The predicted molar refractivity (Wildman–Crippen MR) is 53.4 cm³/mol. The molecule has 1 aliphatic heterocycles. The van der Waals surface area contributed by atoms with E-state index in [2.05, 4.69) is 10.2 Å².